The number of hydrogen-bond donors (Lipinski definition) is 1. The highest BCUT2D eigenvalue weighted by molar-refractivity contribution is 7.15. The average molecular weight is 305 g/mol. The van der Waals surface area contributed by atoms with E-state index in [9.17, 15) is 4.79 Å². The first kappa shape index (κ1) is 16.2. The first-order valence-electron chi connectivity index (χ1n) is 6.35. The third-order valence-electron chi connectivity index (χ3n) is 3.14. The molecule has 1 fully saturated rings. The quantitative estimate of drug-likeness (QED) is 0.909. The van der Waals surface area contributed by atoms with Gasteiger partial charge < -0.3 is 15.5 Å². The van der Waals surface area contributed by atoms with Crippen LogP contribution in [0.25, 0.3) is 0 Å². The predicted octanol–water partition coefficient (Wildman–Crippen LogP) is 1.12. The maximum absolute atomic E-state index is 11.8. The Bertz CT molecular complexity index is 416. The van der Waals surface area contributed by atoms with Gasteiger partial charge in [-0.3, -0.25) is 4.79 Å². The third-order valence-corrected chi connectivity index (χ3v) is 4.34. The van der Waals surface area contributed by atoms with Crippen LogP contribution in [0.2, 0.25) is 0 Å². The zero-order valence-electron chi connectivity index (χ0n) is 11.3. The molecular weight excluding hydrogens is 284 g/mol. The molecule has 7 heteroatoms. The molecule has 1 aromatic heterocycles. The van der Waals surface area contributed by atoms with E-state index in [1.165, 1.54) is 4.88 Å². The van der Waals surface area contributed by atoms with Gasteiger partial charge in [-0.25, -0.2) is 4.98 Å². The summed E-state index contributed by atoms with van der Waals surface area (Å²) in [4.78, 5) is 21.6. The van der Waals surface area contributed by atoms with Gasteiger partial charge in [0.05, 0.1) is 6.04 Å². The number of carbonyl (C=O) groups excluding carboxylic acids is 1. The Morgan fingerprint density at radius 3 is 2.58 bits per heavy atom. The van der Waals surface area contributed by atoms with Gasteiger partial charge in [0, 0.05) is 37.3 Å². The highest BCUT2D eigenvalue weighted by Gasteiger charge is 2.24. The van der Waals surface area contributed by atoms with Crippen LogP contribution in [0.15, 0.2) is 6.20 Å². The van der Waals surface area contributed by atoms with Crippen molar-refractivity contribution in [2.45, 2.75) is 26.3 Å². The summed E-state index contributed by atoms with van der Waals surface area (Å²) < 4.78 is 0. The number of nitrogens with two attached hydrogens (primary N) is 1. The molecule has 1 unspecified atom stereocenters. The Labute approximate surface area is 124 Å². The van der Waals surface area contributed by atoms with Gasteiger partial charge in [-0.2, -0.15) is 0 Å². The number of thiazole rings is 1. The van der Waals surface area contributed by atoms with E-state index >= 15 is 0 Å². The van der Waals surface area contributed by atoms with E-state index in [0.717, 1.165) is 37.7 Å². The summed E-state index contributed by atoms with van der Waals surface area (Å²) >= 11 is 1.74. The molecule has 1 saturated heterocycles. The number of amides is 1. The van der Waals surface area contributed by atoms with Crippen LogP contribution in [0.3, 0.4) is 0 Å². The van der Waals surface area contributed by atoms with Crippen molar-refractivity contribution >= 4 is 34.8 Å². The molecule has 0 radical (unpaired) electrons. The molecule has 1 aromatic rings. The number of aryl methyl sites for hydroxylation is 1. The third kappa shape index (κ3) is 3.81. The predicted molar refractivity (Wildman–Crippen MR) is 81.2 cm³/mol. The largest absolute Gasteiger partial charge is 0.345 e. The molecule has 1 amide bonds. The van der Waals surface area contributed by atoms with Gasteiger partial charge in [0.1, 0.15) is 0 Å². The molecule has 2 N–H and O–H groups in total. The number of rotatable bonds is 3. The van der Waals surface area contributed by atoms with E-state index < -0.39 is 6.04 Å². The van der Waals surface area contributed by atoms with E-state index in [2.05, 4.69) is 16.8 Å². The number of piperazine rings is 1. The lowest BCUT2D eigenvalue weighted by Crippen LogP contribution is -2.52. The van der Waals surface area contributed by atoms with Gasteiger partial charge in [-0.1, -0.05) is 6.92 Å². The highest BCUT2D eigenvalue weighted by atomic mass is 35.5. The Hall–Kier alpha value is -0.850. The first-order valence-corrected chi connectivity index (χ1v) is 7.17. The van der Waals surface area contributed by atoms with Crippen molar-refractivity contribution < 1.29 is 4.79 Å². The van der Waals surface area contributed by atoms with Gasteiger partial charge >= 0.3 is 0 Å². The maximum Gasteiger partial charge on any atom is 0.239 e. The van der Waals surface area contributed by atoms with Crippen molar-refractivity contribution in [1.82, 2.24) is 9.88 Å². The average Bonchev–Trinajstić information content (AvgIpc) is 2.86. The molecule has 0 aromatic carbocycles. The molecule has 0 aliphatic carbocycles. The van der Waals surface area contributed by atoms with Crippen molar-refractivity contribution in [3.8, 4) is 0 Å². The van der Waals surface area contributed by atoms with E-state index in [-0.39, 0.29) is 18.3 Å². The number of aromatic nitrogens is 1. The monoisotopic (exact) mass is 304 g/mol. The minimum atomic E-state index is -0.400. The molecule has 1 atom stereocenters. The fourth-order valence-electron chi connectivity index (χ4n) is 2.01. The van der Waals surface area contributed by atoms with Crippen molar-refractivity contribution in [1.29, 1.82) is 0 Å². The normalized spacial score (nSPS) is 17.0. The number of carbonyl (C=O) groups is 1. The number of nitrogens with zero attached hydrogens (tertiary/aromatic N) is 3. The molecule has 0 spiro atoms. The Morgan fingerprint density at radius 1 is 1.47 bits per heavy atom. The lowest BCUT2D eigenvalue weighted by Gasteiger charge is -2.35. The molecule has 2 heterocycles. The SMILES string of the molecule is CCc1cnc(N2CCN(C(=O)C(C)N)CC2)s1.Cl. The molecule has 5 nitrogen and oxygen atoms in total. The van der Waals surface area contributed by atoms with Crippen LogP contribution < -0.4 is 10.6 Å². The molecule has 1 aliphatic heterocycles. The topological polar surface area (TPSA) is 62.5 Å². The summed E-state index contributed by atoms with van der Waals surface area (Å²) in [5.41, 5.74) is 5.62. The standard InChI is InChI=1S/C12H20N4OS.ClH/c1-3-10-8-14-12(18-10)16-6-4-15(5-7-16)11(17)9(2)13;/h8-9H,3-7,13H2,1-2H3;1H. The zero-order chi connectivity index (χ0) is 13.1. The summed E-state index contributed by atoms with van der Waals surface area (Å²) in [6.45, 7) is 7.03. The number of hydrogen-bond acceptors (Lipinski definition) is 5. The van der Waals surface area contributed by atoms with Crippen LogP contribution in [0, 0.1) is 0 Å². The summed E-state index contributed by atoms with van der Waals surface area (Å²) in [7, 11) is 0. The van der Waals surface area contributed by atoms with Gasteiger partial charge in [-0.15, -0.1) is 23.7 Å². The number of halogens is 1. The second kappa shape index (κ2) is 7.07. The van der Waals surface area contributed by atoms with Crippen molar-refractivity contribution in [3.05, 3.63) is 11.1 Å². The van der Waals surface area contributed by atoms with E-state index in [0.29, 0.717) is 0 Å². The van der Waals surface area contributed by atoms with Crippen LogP contribution in [-0.2, 0) is 11.2 Å². The minimum Gasteiger partial charge on any atom is -0.345 e. The van der Waals surface area contributed by atoms with Crippen LogP contribution in [0.4, 0.5) is 5.13 Å². The highest BCUT2D eigenvalue weighted by Crippen LogP contribution is 2.23. The lowest BCUT2D eigenvalue weighted by atomic mass is 10.2. The molecule has 19 heavy (non-hydrogen) atoms. The molecule has 0 saturated carbocycles. The summed E-state index contributed by atoms with van der Waals surface area (Å²) in [5.74, 6) is 0.0445. The first-order chi connectivity index (χ1) is 8.61. The Kier molecular flexibility index (Phi) is 6.03. The molecule has 0 bridgehead atoms. The fourth-order valence-corrected chi connectivity index (χ4v) is 2.91. The van der Waals surface area contributed by atoms with Crippen molar-refractivity contribution in [2.24, 2.45) is 5.73 Å². The number of anilines is 1. The van der Waals surface area contributed by atoms with Crippen molar-refractivity contribution in [2.75, 3.05) is 31.1 Å². The molecule has 1 aliphatic rings. The zero-order valence-corrected chi connectivity index (χ0v) is 13.0. The second-order valence-electron chi connectivity index (χ2n) is 4.56. The van der Waals surface area contributed by atoms with E-state index in [4.69, 9.17) is 5.73 Å². The summed E-state index contributed by atoms with van der Waals surface area (Å²) in [6.07, 6.45) is 2.97. The van der Waals surface area contributed by atoms with Gasteiger partial charge in [-0.05, 0) is 13.3 Å². The van der Waals surface area contributed by atoms with Crippen molar-refractivity contribution in [3.63, 3.8) is 0 Å². The van der Waals surface area contributed by atoms with Crippen LogP contribution in [0.1, 0.15) is 18.7 Å². The van der Waals surface area contributed by atoms with Gasteiger partial charge in [0.2, 0.25) is 5.91 Å². The maximum atomic E-state index is 11.8. The van der Waals surface area contributed by atoms with Gasteiger partial charge in [0.15, 0.2) is 5.13 Å². The van der Waals surface area contributed by atoms with Crippen LogP contribution in [0.5, 0.6) is 0 Å². The lowest BCUT2D eigenvalue weighted by molar-refractivity contribution is -0.132. The van der Waals surface area contributed by atoms with E-state index in [1.54, 1.807) is 18.3 Å². The smallest absolute Gasteiger partial charge is 0.239 e. The van der Waals surface area contributed by atoms with Gasteiger partial charge in [0.25, 0.3) is 0 Å². The van der Waals surface area contributed by atoms with Crippen LogP contribution >= 0.6 is 23.7 Å². The fraction of sp³-hybridized carbons (Fsp3) is 0.667. The van der Waals surface area contributed by atoms with E-state index in [1.807, 2.05) is 11.1 Å². The van der Waals surface area contributed by atoms with Crippen LogP contribution in [-0.4, -0.2) is 48.0 Å². The summed E-state index contributed by atoms with van der Waals surface area (Å²) in [5, 5.41) is 1.07. The Morgan fingerprint density at radius 2 is 2.11 bits per heavy atom. The molecule has 108 valence electrons. The second-order valence-corrected chi connectivity index (χ2v) is 5.66. The minimum absolute atomic E-state index is 0. The summed E-state index contributed by atoms with van der Waals surface area (Å²) in [6, 6.07) is -0.400. The molecule has 2 rings (SSSR count). The molecular formula is C12H21ClN4OS. The Balaban J connectivity index is 0.00000180.